The highest BCUT2D eigenvalue weighted by Crippen LogP contribution is 2.36. The fraction of sp³-hybridized carbons (Fsp3) is 0.375. The quantitative estimate of drug-likeness (QED) is 0.778. The van der Waals surface area contributed by atoms with Crippen LogP contribution in [-0.4, -0.2) is 44.0 Å². The summed E-state index contributed by atoms with van der Waals surface area (Å²) in [6, 6.07) is 7.91. The van der Waals surface area contributed by atoms with E-state index in [-0.39, 0.29) is 0 Å². The molecule has 0 amide bonds. The van der Waals surface area contributed by atoms with Crippen molar-refractivity contribution in [2.75, 3.05) is 18.0 Å². The summed E-state index contributed by atoms with van der Waals surface area (Å²) in [5.74, 6) is 0.749. The van der Waals surface area contributed by atoms with E-state index in [2.05, 4.69) is 15.1 Å². The number of carbonyl (C=O) groups is 1. The van der Waals surface area contributed by atoms with Gasteiger partial charge >= 0.3 is 5.97 Å². The second-order valence-corrected chi connectivity index (χ2v) is 6.39. The molecule has 23 heavy (non-hydrogen) atoms. The number of carboxylic acid groups (broad SMARTS) is 1. The molecule has 118 valence electrons. The molecule has 0 bridgehead atoms. The van der Waals surface area contributed by atoms with Crippen molar-refractivity contribution < 1.29 is 9.90 Å². The molecule has 1 fully saturated rings. The van der Waals surface area contributed by atoms with Crippen LogP contribution in [0.5, 0.6) is 0 Å². The van der Waals surface area contributed by atoms with Crippen LogP contribution in [0.25, 0.3) is 16.4 Å². The minimum absolute atomic E-state index is 0.450. The van der Waals surface area contributed by atoms with Crippen LogP contribution in [0.15, 0.2) is 24.3 Å². The molecule has 0 radical (unpaired) electrons. The number of fused-ring (bicyclic) bond motifs is 3. The molecule has 7 nitrogen and oxygen atoms in total. The van der Waals surface area contributed by atoms with Crippen molar-refractivity contribution in [3.05, 3.63) is 30.1 Å². The van der Waals surface area contributed by atoms with Gasteiger partial charge in [-0.05, 0) is 20.3 Å². The molecule has 3 heterocycles. The first kappa shape index (κ1) is 13.9. The Bertz CT molecular complexity index is 935. The summed E-state index contributed by atoms with van der Waals surface area (Å²) in [4.78, 5) is 13.6. The fourth-order valence-electron chi connectivity index (χ4n) is 3.22. The fourth-order valence-corrected chi connectivity index (χ4v) is 3.22. The third-order valence-corrected chi connectivity index (χ3v) is 4.69. The first-order chi connectivity index (χ1) is 11.0. The average molecular weight is 311 g/mol. The molecule has 1 atom stereocenters. The smallest absolute Gasteiger partial charge is 0.311 e. The number of benzene rings is 1. The lowest BCUT2D eigenvalue weighted by molar-refractivity contribution is -0.146. The molecular weight excluding hydrogens is 294 g/mol. The van der Waals surface area contributed by atoms with Gasteiger partial charge < -0.3 is 10.0 Å². The number of aryl methyl sites for hydroxylation is 1. The molecule has 7 heteroatoms. The van der Waals surface area contributed by atoms with Crippen LogP contribution in [0, 0.1) is 12.3 Å². The van der Waals surface area contributed by atoms with Gasteiger partial charge in [-0.25, -0.2) is 0 Å². The first-order valence-electron chi connectivity index (χ1n) is 7.59. The normalized spacial score (nSPS) is 21.4. The van der Waals surface area contributed by atoms with E-state index in [0.29, 0.717) is 25.3 Å². The Kier molecular flexibility index (Phi) is 2.81. The largest absolute Gasteiger partial charge is 0.481 e. The van der Waals surface area contributed by atoms with Gasteiger partial charge in [0, 0.05) is 23.9 Å². The van der Waals surface area contributed by atoms with Crippen molar-refractivity contribution in [2.45, 2.75) is 20.3 Å². The summed E-state index contributed by atoms with van der Waals surface area (Å²) in [5.41, 5.74) is -0.0120. The Balaban J connectivity index is 1.92. The minimum atomic E-state index is -0.758. The second kappa shape index (κ2) is 4.65. The van der Waals surface area contributed by atoms with E-state index in [1.165, 1.54) is 0 Å². The van der Waals surface area contributed by atoms with E-state index in [4.69, 9.17) is 5.10 Å². The van der Waals surface area contributed by atoms with Gasteiger partial charge in [0.15, 0.2) is 17.3 Å². The number of hydrogen-bond acceptors (Lipinski definition) is 5. The summed E-state index contributed by atoms with van der Waals surface area (Å²) < 4.78 is 1.73. The van der Waals surface area contributed by atoms with Crippen LogP contribution in [0.3, 0.4) is 0 Å². The van der Waals surface area contributed by atoms with Crippen LogP contribution in [0.4, 0.5) is 5.82 Å². The van der Waals surface area contributed by atoms with Crippen molar-refractivity contribution in [3.8, 4) is 0 Å². The van der Waals surface area contributed by atoms with Crippen LogP contribution < -0.4 is 4.90 Å². The molecule has 3 aromatic rings. The number of carboxylic acids is 1. The van der Waals surface area contributed by atoms with E-state index < -0.39 is 11.4 Å². The van der Waals surface area contributed by atoms with Gasteiger partial charge in [0.1, 0.15) is 0 Å². The molecule has 1 aliphatic heterocycles. The molecular formula is C16H17N5O2. The molecule has 1 unspecified atom stereocenters. The highest BCUT2D eigenvalue weighted by molar-refractivity contribution is 6.00. The van der Waals surface area contributed by atoms with Gasteiger partial charge in [-0.2, -0.15) is 4.52 Å². The summed E-state index contributed by atoms with van der Waals surface area (Å²) in [7, 11) is 0. The Morgan fingerprint density at radius 3 is 2.70 bits per heavy atom. The zero-order valence-corrected chi connectivity index (χ0v) is 13.0. The van der Waals surface area contributed by atoms with Crippen molar-refractivity contribution in [2.24, 2.45) is 5.41 Å². The van der Waals surface area contributed by atoms with E-state index in [0.717, 1.165) is 22.2 Å². The lowest BCUT2D eigenvalue weighted by atomic mass is 9.90. The van der Waals surface area contributed by atoms with Crippen molar-refractivity contribution >= 4 is 28.2 Å². The van der Waals surface area contributed by atoms with Gasteiger partial charge in [-0.1, -0.05) is 24.3 Å². The lowest BCUT2D eigenvalue weighted by Crippen LogP contribution is -2.32. The Hall–Kier alpha value is -2.70. The van der Waals surface area contributed by atoms with E-state index in [1.54, 1.807) is 11.4 Å². The molecule has 1 aliphatic rings. The molecule has 0 aliphatic carbocycles. The van der Waals surface area contributed by atoms with Crippen molar-refractivity contribution in [1.29, 1.82) is 0 Å². The molecule has 4 rings (SSSR count). The van der Waals surface area contributed by atoms with Crippen LogP contribution in [-0.2, 0) is 4.79 Å². The number of aliphatic carboxylic acids is 1. The molecule has 0 saturated carbocycles. The Morgan fingerprint density at radius 2 is 2.00 bits per heavy atom. The molecule has 2 aromatic heterocycles. The average Bonchev–Trinajstić information content (AvgIpc) is 3.11. The van der Waals surface area contributed by atoms with Gasteiger partial charge in [0.25, 0.3) is 0 Å². The standard InChI is InChI=1S/C16H17N5O2/c1-10-17-18-13-11-5-3-4-6-12(11)14(19-21(10)13)20-8-7-16(2,9-20)15(22)23/h3-6H,7-9H2,1-2H3,(H,22,23). The Labute approximate surface area is 132 Å². The maximum absolute atomic E-state index is 11.5. The first-order valence-corrected chi connectivity index (χ1v) is 7.59. The van der Waals surface area contributed by atoms with Gasteiger partial charge in [0.2, 0.25) is 0 Å². The highest BCUT2D eigenvalue weighted by Gasteiger charge is 2.41. The number of rotatable bonds is 2. The molecule has 1 N–H and O–H groups in total. The summed E-state index contributed by atoms with van der Waals surface area (Å²) in [6.45, 7) is 4.77. The maximum Gasteiger partial charge on any atom is 0.311 e. The second-order valence-electron chi connectivity index (χ2n) is 6.39. The third-order valence-electron chi connectivity index (χ3n) is 4.69. The topological polar surface area (TPSA) is 83.6 Å². The lowest BCUT2D eigenvalue weighted by Gasteiger charge is -2.22. The number of nitrogens with zero attached hydrogens (tertiary/aromatic N) is 5. The van der Waals surface area contributed by atoms with Crippen LogP contribution >= 0.6 is 0 Å². The SMILES string of the molecule is Cc1nnc2c3ccccc3c(N3CCC(C)(C(=O)O)C3)nn12. The highest BCUT2D eigenvalue weighted by atomic mass is 16.4. The summed E-state index contributed by atoms with van der Waals surface area (Å²) >= 11 is 0. The van der Waals surface area contributed by atoms with Crippen molar-refractivity contribution in [3.63, 3.8) is 0 Å². The van der Waals surface area contributed by atoms with Gasteiger partial charge in [0.05, 0.1) is 5.41 Å². The van der Waals surface area contributed by atoms with E-state index >= 15 is 0 Å². The van der Waals surface area contributed by atoms with E-state index in [9.17, 15) is 9.90 Å². The summed E-state index contributed by atoms with van der Waals surface area (Å²) in [5, 5.41) is 24.4. The third kappa shape index (κ3) is 1.96. The number of hydrogen-bond donors (Lipinski definition) is 1. The zero-order chi connectivity index (χ0) is 16.2. The molecule has 1 aromatic carbocycles. The van der Waals surface area contributed by atoms with Crippen molar-refractivity contribution in [1.82, 2.24) is 19.8 Å². The van der Waals surface area contributed by atoms with Gasteiger partial charge in [-0.15, -0.1) is 15.3 Å². The summed E-state index contributed by atoms with van der Waals surface area (Å²) in [6.07, 6.45) is 0.609. The molecule has 1 saturated heterocycles. The zero-order valence-electron chi connectivity index (χ0n) is 13.0. The Morgan fingerprint density at radius 1 is 1.26 bits per heavy atom. The minimum Gasteiger partial charge on any atom is -0.481 e. The van der Waals surface area contributed by atoms with Crippen LogP contribution in [0.2, 0.25) is 0 Å². The van der Waals surface area contributed by atoms with Gasteiger partial charge in [-0.3, -0.25) is 4.79 Å². The van der Waals surface area contributed by atoms with E-state index in [1.807, 2.05) is 31.2 Å². The maximum atomic E-state index is 11.5. The predicted octanol–water partition coefficient (Wildman–Crippen LogP) is 1.89. The predicted molar refractivity (Wildman–Crippen MR) is 85.6 cm³/mol. The number of anilines is 1. The van der Waals surface area contributed by atoms with Crippen LogP contribution in [0.1, 0.15) is 19.2 Å². The monoisotopic (exact) mass is 311 g/mol. The number of aromatic nitrogens is 4. The molecule has 0 spiro atoms.